The molecule has 0 spiro atoms. The summed E-state index contributed by atoms with van der Waals surface area (Å²) >= 11 is 0. The zero-order valence-corrected chi connectivity index (χ0v) is 9.13. The van der Waals surface area contributed by atoms with E-state index in [1.54, 1.807) is 12.1 Å². The fraction of sp³-hybridized carbons (Fsp3) is 0.417. The summed E-state index contributed by atoms with van der Waals surface area (Å²) in [7, 11) is 0. The molecule has 0 fully saturated rings. The molecule has 80 valence electrons. The van der Waals surface area contributed by atoms with E-state index in [0.29, 0.717) is 5.56 Å². The second-order valence-electron chi connectivity index (χ2n) is 4.63. The molecule has 1 heterocycles. The Morgan fingerprint density at radius 3 is 2.73 bits per heavy atom. The minimum atomic E-state index is -0.884. The molecule has 1 aliphatic rings. The molecule has 0 atom stereocenters. The van der Waals surface area contributed by atoms with Gasteiger partial charge in [0.2, 0.25) is 0 Å². The van der Waals surface area contributed by atoms with Crippen molar-refractivity contribution in [3.8, 4) is 5.75 Å². The Bertz CT molecular complexity index is 433. The highest BCUT2D eigenvalue weighted by Gasteiger charge is 2.31. The van der Waals surface area contributed by atoms with Crippen molar-refractivity contribution < 1.29 is 14.6 Å². The Labute approximate surface area is 88.7 Å². The van der Waals surface area contributed by atoms with Gasteiger partial charge in [-0.1, -0.05) is 0 Å². The van der Waals surface area contributed by atoms with Gasteiger partial charge in [0.15, 0.2) is 0 Å². The van der Waals surface area contributed by atoms with Crippen LogP contribution in [0.5, 0.6) is 5.75 Å². The van der Waals surface area contributed by atoms with Crippen molar-refractivity contribution in [3.05, 3.63) is 28.8 Å². The number of ether oxygens (including phenoxy) is 1. The van der Waals surface area contributed by atoms with Crippen molar-refractivity contribution in [3.63, 3.8) is 0 Å². The molecule has 0 unspecified atom stereocenters. The van der Waals surface area contributed by atoms with E-state index < -0.39 is 5.97 Å². The zero-order chi connectivity index (χ0) is 11.2. The van der Waals surface area contributed by atoms with Gasteiger partial charge in [-0.05, 0) is 44.0 Å². The van der Waals surface area contributed by atoms with Crippen LogP contribution in [0.3, 0.4) is 0 Å². The van der Waals surface area contributed by atoms with Crippen LogP contribution in [0.2, 0.25) is 0 Å². The summed E-state index contributed by atoms with van der Waals surface area (Å²) in [5, 5.41) is 8.93. The molecule has 0 amide bonds. The van der Waals surface area contributed by atoms with E-state index in [1.807, 2.05) is 20.8 Å². The molecule has 1 aliphatic heterocycles. The van der Waals surface area contributed by atoms with Crippen LogP contribution < -0.4 is 4.74 Å². The van der Waals surface area contributed by atoms with Crippen molar-refractivity contribution in [2.24, 2.45) is 0 Å². The monoisotopic (exact) mass is 206 g/mol. The molecule has 15 heavy (non-hydrogen) atoms. The quantitative estimate of drug-likeness (QED) is 0.767. The van der Waals surface area contributed by atoms with Crippen LogP contribution >= 0.6 is 0 Å². The van der Waals surface area contributed by atoms with Gasteiger partial charge in [-0.25, -0.2) is 4.79 Å². The van der Waals surface area contributed by atoms with Crippen LogP contribution in [0.25, 0.3) is 0 Å². The van der Waals surface area contributed by atoms with Crippen LogP contribution in [-0.2, 0) is 6.42 Å². The van der Waals surface area contributed by atoms with Gasteiger partial charge in [-0.15, -0.1) is 0 Å². The Hall–Kier alpha value is -1.51. The zero-order valence-electron chi connectivity index (χ0n) is 9.13. The van der Waals surface area contributed by atoms with Gasteiger partial charge >= 0.3 is 5.97 Å². The summed E-state index contributed by atoms with van der Waals surface area (Å²) in [4.78, 5) is 10.9. The third-order valence-corrected chi connectivity index (χ3v) is 2.59. The highest BCUT2D eigenvalue weighted by atomic mass is 16.5. The molecule has 1 N–H and O–H groups in total. The number of rotatable bonds is 1. The van der Waals surface area contributed by atoms with Crippen LogP contribution in [0.4, 0.5) is 0 Å². The van der Waals surface area contributed by atoms with Gasteiger partial charge < -0.3 is 9.84 Å². The topological polar surface area (TPSA) is 46.5 Å². The molecule has 3 heteroatoms. The van der Waals surface area contributed by atoms with E-state index >= 15 is 0 Å². The lowest BCUT2D eigenvalue weighted by Crippen LogP contribution is -2.24. The SMILES string of the molecule is Cc1cc(C(=O)O)cc2c1OC(C)(C)C2. The average molecular weight is 206 g/mol. The smallest absolute Gasteiger partial charge is 0.335 e. The standard InChI is InChI=1S/C12H14O3/c1-7-4-8(11(13)14)5-9-6-12(2,3)15-10(7)9/h4-5H,6H2,1-3H3,(H,13,14). The van der Waals surface area contributed by atoms with E-state index in [-0.39, 0.29) is 5.60 Å². The minimum absolute atomic E-state index is 0.218. The molecular formula is C12H14O3. The van der Waals surface area contributed by atoms with Gasteiger partial charge in [0.1, 0.15) is 11.4 Å². The van der Waals surface area contributed by atoms with E-state index in [2.05, 4.69) is 0 Å². The van der Waals surface area contributed by atoms with E-state index in [4.69, 9.17) is 9.84 Å². The first-order chi connectivity index (χ1) is 6.89. The minimum Gasteiger partial charge on any atom is -0.487 e. The molecule has 2 rings (SSSR count). The van der Waals surface area contributed by atoms with Crippen molar-refractivity contribution in [1.29, 1.82) is 0 Å². The molecule has 0 bridgehead atoms. The van der Waals surface area contributed by atoms with E-state index in [1.165, 1.54) is 0 Å². The summed E-state index contributed by atoms with van der Waals surface area (Å²) in [6.07, 6.45) is 0.768. The van der Waals surface area contributed by atoms with Gasteiger partial charge in [0, 0.05) is 6.42 Å². The Morgan fingerprint density at radius 1 is 1.47 bits per heavy atom. The van der Waals surface area contributed by atoms with Gasteiger partial charge in [-0.3, -0.25) is 0 Å². The largest absolute Gasteiger partial charge is 0.487 e. The lowest BCUT2D eigenvalue weighted by Gasteiger charge is -2.17. The number of aromatic carboxylic acids is 1. The van der Waals surface area contributed by atoms with Crippen molar-refractivity contribution in [2.45, 2.75) is 32.8 Å². The molecule has 0 radical (unpaired) electrons. The Morgan fingerprint density at radius 2 is 2.13 bits per heavy atom. The highest BCUT2D eigenvalue weighted by Crippen LogP contribution is 2.38. The number of hydrogen-bond acceptors (Lipinski definition) is 2. The highest BCUT2D eigenvalue weighted by molar-refractivity contribution is 5.88. The average Bonchev–Trinajstić information content (AvgIpc) is 2.39. The van der Waals surface area contributed by atoms with Crippen molar-refractivity contribution >= 4 is 5.97 Å². The maximum absolute atomic E-state index is 10.9. The van der Waals surface area contributed by atoms with Gasteiger partial charge in [0.25, 0.3) is 0 Å². The summed E-state index contributed by atoms with van der Waals surface area (Å²) in [6, 6.07) is 3.36. The maximum Gasteiger partial charge on any atom is 0.335 e. The fourth-order valence-electron chi connectivity index (χ4n) is 2.02. The Balaban J connectivity index is 2.51. The van der Waals surface area contributed by atoms with E-state index in [0.717, 1.165) is 23.3 Å². The number of aryl methyl sites for hydroxylation is 1. The van der Waals surface area contributed by atoms with Crippen LogP contribution in [-0.4, -0.2) is 16.7 Å². The van der Waals surface area contributed by atoms with E-state index in [9.17, 15) is 4.79 Å². The van der Waals surface area contributed by atoms with Gasteiger partial charge in [-0.2, -0.15) is 0 Å². The van der Waals surface area contributed by atoms with Crippen LogP contribution in [0.15, 0.2) is 12.1 Å². The predicted octanol–water partition coefficient (Wildman–Crippen LogP) is 2.41. The first-order valence-electron chi connectivity index (χ1n) is 4.95. The molecule has 0 saturated carbocycles. The first kappa shape index (κ1) is 10.0. The van der Waals surface area contributed by atoms with Gasteiger partial charge in [0.05, 0.1) is 5.56 Å². The number of carboxylic acids is 1. The van der Waals surface area contributed by atoms with Crippen molar-refractivity contribution in [2.75, 3.05) is 0 Å². The molecule has 1 aromatic carbocycles. The second-order valence-corrected chi connectivity index (χ2v) is 4.63. The number of carboxylic acid groups (broad SMARTS) is 1. The summed E-state index contributed by atoms with van der Waals surface area (Å²) in [5.74, 6) is -0.0318. The maximum atomic E-state index is 10.9. The van der Waals surface area contributed by atoms with Crippen molar-refractivity contribution in [1.82, 2.24) is 0 Å². The summed E-state index contributed by atoms with van der Waals surface area (Å²) < 4.78 is 5.77. The van der Waals surface area contributed by atoms with Crippen LogP contribution in [0, 0.1) is 6.92 Å². The number of carbonyl (C=O) groups is 1. The third kappa shape index (κ3) is 1.69. The molecule has 0 aromatic heterocycles. The fourth-order valence-corrected chi connectivity index (χ4v) is 2.02. The normalized spacial score (nSPS) is 17.0. The third-order valence-electron chi connectivity index (χ3n) is 2.59. The number of fused-ring (bicyclic) bond motifs is 1. The first-order valence-corrected chi connectivity index (χ1v) is 4.95. The molecule has 0 saturated heterocycles. The summed E-state index contributed by atoms with van der Waals surface area (Å²) in [5.41, 5.74) is 2.02. The molecule has 1 aromatic rings. The Kier molecular flexibility index (Phi) is 2.00. The number of benzene rings is 1. The molecule has 0 aliphatic carbocycles. The predicted molar refractivity (Wildman–Crippen MR) is 56.5 cm³/mol. The van der Waals surface area contributed by atoms with Crippen LogP contribution in [0.1, 0.15) is 35.3 Å². The lowest BCUT2D eigenvalue weighted by molar-refractivity contribution is 0.0696. The molecular weight excluding hydrogens is 192 g/mol. The summed E-state index contributed by atoms with van der Waals surface area (Å²) in [6.45, 7) is 5.90. The molecule has 3 nitrogen and oxygen atoms in total. The second kappa shape index (κ2) is 2.99. The number of hydrogen-bond donors (Lipinski definition) is 1. The lowest BCUT2D eigenvalue weighted by atomic mass is 9.98.